The van der Waals surface area contributed by atoms with E-state index in [0.717, 1.165) is 24.3 Å². The quantitative estimate of drug-likeness (QED) is 0.751. The van der Waals surface area contributed by atoms with Gasteiger partial charge in [-0.15, -0.1) is 0 Å². The Morgan fingerprint density at radius 1 is 1.19 bits per heavy atom. The first-order valence-corrected chi connectivity index (χ1v) is 7.46. The van der Waals surface area contributed by atoms with Gasteiger partial charge in [0.25, 0.3) is 0 Å². The minimum Gasteiger partial charge on any atom is -0.481 e. The van der Waals surface area contributed by atoms with E-state index in [1.54, 1.807) is 0 Å². The molecule has 0 bridgehead atoms. The number of carboxylic acid groups (broad SMARTS) is 1. The number of benzene rings is 1. The molecule has 118 valence electrons. The van der Waals surface area contributed by atoms with E-state index >= 15 is 0 Å². The van der Waals surface area contributed by atoms with Crippen molar-refractivity contribution in [3.05, 3.63) is 29.8 Å². The molecular weight excluding hydrogens is 311 g/mol. The lowest BCUT2D eigenvalue weighted by molar-refractivity contribution is -0.137. The number of sulfonamides is 1. The molecule has 0 aliphatic heterocycles. The van der Waals surface area contributed by atoms with Gasteiger partial charge in [0.2, 0.25) is 10.0 Å². The molecule has 1 aromatic carbocycles. The fourth-order valence-electron chi connectivity index (χ4n) is 1.55. The van der Waals surface area contributed by atoms with E-state index < -0.39 is 28.6 Å². The van der Waals surface area contributed by atoms with Crippen LogP contribution < -0.4 is 4.72 Å². The second-order valence-electron chi connectivity index (χ2n) is 4.33. The molecule has 0 spiro atoms. The van der Waals surface area contributed by atoms with Gasteiger partial charge in [0, 0.05) is 13.0 Å². The third-order valence-electron chi connectivity index (χ3n) is 2.50. The molecule has 0 saturated carbocycles. The predicted molar refractivity (Wildman–Crippen MR) is 68.3 cm³/mol. The highest BCUT2D eigenvalue weighted by molar-refractivity contribution is 7.89. The Morgan fingerprint density at radius 2 is 1.76 bits per heavy atom. The SMILES string of the molecule is O=C(O)CCCNS(=O)(=O)c1ccc(CC(F)(F)F)cc1. The fourth-order valence-corrected chi connectivity index (χ4v) is 2.62. The van der Waals surface area contributed by atoms with Crippen molar-refractivity contribution in [2.45, 2.75) is 30.3 Å². The highest BCUT2D eigenvalue weighted by Crippen LogP contribution is 2.22. The zero-order chi connectivity index (χ0) is 16.1. The van der Waals surface area contributed by atoms with Gasteiger partial charge in [-0.05, 0) is 24.1 Å². The molecular formula is C12H14F3NO4S. The molecule has 21 heavy (non-hydrogen) atoms. The topological polar surface area (TPSA) is 83.5 Å². The maximum atomic E-state index is 12.2. The summed E-state index contributed by atoms with van der Waals surface area (Å²) in [6.07, 6.45) is -5.53. The molecule has 0 atom stereocenters. The molecule has 0 aliphatic rings. The molecule has 0 saturated heterocycles. The van der Waals surface area contributed by atoms with Gasteiger partial charge in [0.15, 0.2) is 0 Å². The average molecular weight is 325 g/mol. The number of alkyl halides is 3. The monoisotopic (exact) mass is 325 g/mol. The Kier molecular flexibility index (Phi) is 5.73. The van der Waals surface area contributed by atoms with Crippen molar-refractivity contribution in [2.75, 3.05) is 6.54 Å². The number of carbonyl (C=O) groups is 1. The Bertz CT molecular complexity index is 582. The lowest BCUT2D eigenvalue weighted by Crippen LogP contribution is -2.25. The van der Waals surface area contributed by atoms with E-state index in [1.807, 2.05) is 0 Å². The largest absolute Gasteiger partial charge is 0.481 e. The van der Waals surface area contributed by atoms with Gasteiger partial charge in [0.1, 0.15) is 0 Å². The van der Waals surface area contributed by atoms with Gasteiger partial charge in [-0.1, -0.05) is 12.1 Å². The first kappa shape index (κ1) is 17.4. The van der Waals surface area contributed by atoms with E-state index in [9.17, 15) is 26.4 Å². The molecule has 0 unspecified atom stereocenters. The molecule has 0 fully saturated rings. The molecule has 0 aromatic heterocycles. The van der Waals surface area contributed by atoms with Crippen molar-refractivity contribution < 1.29 is 31.5 Å². The molecule has 0 radical (unpaired) electrons. The Morgan fingerprint density at radius 3 is 2.24 bits per heavy atom. The van der Waals surface area contributed by atoms with Crippen LogP contribution in [-0.2, 0) is 21.2 Å². The van der Waals surface area contributed by atoms with Crippen molar-refractivity contribution in [1.82, 2.24) is 4.72 Å². The lowest BCUT2D eigenvalue weighted by atomic mass is 10.1. The number of hydrogen-bond acceptors (Lipinski definition) is 3. The van der Waals surface area contributed by atoms with Gasteiger partial charge in [-0.2, -0.15) is 13.2 Å². The van der Waals surface area contributed by atoms with Crippen molar-refractivity contribution in [1.29, 1.82) is 0 Å². The number of rotatable bonds is 7. The van der Waals surface area contributed by atoms with Crippen LogP contribution >= 0.6 is 0 Å². The number of hydrogen-bond donors (Lipinski definition) is 2. The third-order valence-corrected chi connectivity index (χ3v) is 3.97. The minimum absolute atomic E-state index is 0.0349. The van der Waals surface area contributed by atoms with Crippen LogP contribution in [0.1, 0.15) is 18.4 Å². The second-order valence-corrected chi connectivity index (χ2v) is 6.10. The van der Waals surface area contributed by atoms with Crippen molar-refractivity contribution in [2.24, 2.45) is 0 Å². The van der Waals surface area contributed by atoms with Gasteiger partial charge in [0.05, 0.1) is 11.3 Å². The lowest BCUT2D eigenvalue weighted by Gasteiger charge is -2.08. The van der Waals surface area contributed by atoms with Crippen LogP contribution in [0.15, 0.2) is 29.2 Å². The highest BCUT2D eigenvalue weighted by atomic mass is 32.2. The summed E-state index contributed by atoms with van der Waals surface area (Å²) in [5.74, 6) is -1.04. The Balaban J connectivity index is 2.65. The summed E-state index contributed by atoms with van der Waals surface area (Å²) < 4.78 is 62.3. The first-order valence-electron chi connectivity index (χ1n) is 5.97. The van der Waals surface area contributed by atoms with E-state index in [-0.39, 0.29) is 29.8 Å². The number of halogens is 3. The Hall–Kier alpha value is -1.61. The summed E-state index contributed by atoms with van der Waals surface area (Å²) in [4.78, 5) is 10.1. The van der Waals surface area contributed by atoms with Gasteiger partial charge in [-0.3, -0.25) is 4.79 Å². The molecule has 5 nitrogen and oxygen atoms in total. The van der Waals surface area contributed by atoms with Crippen LogP contribution in [0.5, 0.6) is 0 Å². The smallest absolute Gasteiger partial charge is 0.393 e. The minimum atomic E-state index is -4.35. The maximum Gasteiger partial charge on any atom is 0.393 e. The molecule has 0 amide bonds. The van der Waals surface area contributed by atoms with E-state index in [1.165, 1.54) is 0 Å². The van der Waals surface area contributed by atoms with Crippen LogP contribution in [0, 0.1) is 0 Å². The molecule has 0 heterocycles. The summed E-state index contributed by atoms with van der Waals surface area (Å²) >= 11 is 0. The van der Waals surface area contributed by atoms with Crippen molar-refractivity contribution in [3.8, 4) is 0 Å². The van der Waals surface area contributed by atoms with Crippen molar-refractivity contribution in [3.63, 3.8) is 0 Å². The summed E-state index contributed by atoms with van der Waals surface area (Å²) in [5, 5.41) is 8.41. The number of carboxylic acids is 1. The molecule has 2 N–H and O–H groups in total. The molecule has 0 aliphatic carbocycles. The summed E-state index contributed by atoms with van der Waals surface area (Å²) in [6.45, 7) is -0.0566. The maximum absolute atomic E-state index is 12.2. The summed E-state index contributed by atoms with van der Waals surface area (Å²) in [6, 6.07) is 4.36. The average Bonchev–Trinajstić information content (AvgIpc) is 2.33. The normalized spacial score (nSPS) is 12.3. The summed E-state index contributed by atoms with van der Waals surface area (Å²) in [5.41, 5.74) is -0.0349. The Labute approximate surface area is 119 Å². The van der Waals surface area contributed by atoms with Crippen LogP contribution in [0.25, 0.3) is 0 Å². The van der Waals surface area contributed by atoms with Crippen LogP contribution in [0.3, 0.4) is 0 Å². The van der Waals surface area contributed by atoms with Crippen LogP contribution in [0.2, 0.25) is 0 Å². The van der Waals surface area contributed by atoms with Crippen molar-refractivity contribution >= 4 is 16.0 Å². The zero-order valence-corrected chi connectivity index (χ0v) is 11.7. The number of aliphatic carboxylic acids is 1. The molecule has 1 rings (SSSR count). The van der Waals surface area contributed by atoms with Gasteiger partial charge < -0.3 is 5.11 Å². The van der Waals surface area contributed by atoms with Crippen LogP contribution in [-0.4, -0.2) is 32.2 Å². The van der Waals surface area contributed by atoms with Gasteiger partial charge >= 0.3 is 12.1 Å². The predicted octanol–water partition coefficient (Wildman–Crippen LogP) is 1.93. The van der Waals surface area contributed by atoms with E-state index in [0.29, 0.717) is 0 Å². The third kappa shape index (κ3) is 6.58. The molecule has 1 aromatic rings. The zero-order valence-electron chi connectivity index (χ0n) is 10.9. The second kappa shape index (κ2) is 6.90. The number of nitrogens with one attached hydrogen (secondary N) is 1. The summed E-state index contributed by atoms with van der Waals surface area (Å²) in [7, 11) is -3.84. The van der Waals surface area contributed by atoms with E-state index in [2.05, 4.69) is 4.72 Å². The molecule has 9 heteroatoms. The van der Waals surface area contributed by atoms with E-state index in [4.69, 9.17) is 5.11 Å². The standard InChI is InChI=1S/C12H14F3NO4S/c13-12(14,15)8-9-3-5-10(6-4-9)21(19,20)16-7-1-2-11(17)18/h3-6,16H,1-2,7-8H2,(H,17,18). The first-order chi connectivity index (χ1) is 9.60. The van der Waals surface area contributed by atoms with Gasteiger partial charge in [-0.25, -0.2) is 13.1 Å². The highest BCUT2D eigenvalue weighted by Gasteiger charge is 2.27. The van der Waals surface area contributed by atoms with Crippen LogP contribution in [0.4, 0.5) is 13.2 Å². The fraction of sp³-hybridized carbons (Fsp3) is 0.417.